The first-order valence-electron chi connectivity index (χ1n) is 9.63. The van der Waals surface area contributed by atoms with Crippen molar-refractivity contribution in [1.29, 1.82) is 0 Å². The molecule has 0 radical (unpaired) electrons. The van der Waals surface area contributed by atoms with E-state index in [-0.39, 0.29) is 11.9 Å². The Morgan fingerprint density at radius 3 is 2.66 bits per heavy atom. The van der Waals surface area contributed by atoms with E-state index in [1.807, 2.05) is 31.3 Å². The maximum absolute atomic E-state index is 13.5. The zero-order valence-corrected chi connectivity index (χ0v) is 16.6. The van der Waals surface area contributed by atoms with Crippen molar-refractivity contribution in [2.75, 3.05) is 11.9 Å². The largest absolute Gasteiger partial charge is 0.322 e. The van der Waals surface area contributed by atoms with Gasteiger partial charge in [0.25, 0.3) is 0 Å². The predicted octanol–water partition coefficient (Wildman–Crippen LogP) is 3.98. The van der Waals surface area contributed by atoms with Crippen molar-refractivity contribution < 1.29 is 4.39 Å². The molecule has 1 unspecified atom stereocenters. The minimum Gasteiger partial charge on any atom is -0.322 e. The van der Waals surface area contributed by atoms with Crippen LogP contribution < -0.4 is 10.6 Å². The van der Waals surface area contributed by atoms with E-state index < -0.39 is 0 Å². The topological polar surface area (TPSA) is 82.9 Å². The molecule has 0 aliphatic heterocycles. The smallest absolute Gasteiger partial charge is 0.173 e. The average molecular weight is 393 g/mol. The molecule has 0 fully saturated rings. The molecule has 4 aromatic rings. The molecule has 3 aromatic heterocycles. The van der Waals surface area contributed by atoms with Crippen molar-refractivity contribution in [2.24, 2.45) is 5.92 Å². The van der Waals surface area contributed by atoms with Gasteiger partial charge in [-0.1, -0.05) is 26.0 Å². The van der Waals surface area contributed by atoms with Crippen LogP contribution in [0.1, 0.15) is 37.0 Å². The fraction of sp³-hybridized carbons (Fsp3) is 0.286. The Morgan fingerprint density at radius 1 is 1.17 bits per heavy atom. The number of nitrogens with one attached hydrogen (secondary N) is 3. The molecule has 4 rings (SSSR count). The number of hydrogen-bond acceptors (Lipinski definition) is 5. The number of rotatable bonds is 7. The molecule has 29 heavy (non-hydrogen) atoms. The molecule has 7 nitrogen and oxygen atoms in total. The van der Waals surface area contributed by atoms with Crippen LogP contribution in [0.15, 0.2) is 48.7 Å². The number of H-pyrrole nitrogens is 1. The third-order valence-corrected chi connectivity index (χ3v) is 4.55. The van der Waals surface area contributed by atoms with Gasteiger partial charge in [0.1, 0.15) is 11.3 Å². The third kappa shape index (κ3) is 4.27. The molecule has 0 bridgehead atoms. The Labute approximate surface area is 168 Å². The summed E-state index contributed by atoms with van der Waals surface area (Å²) in [6.45, 7) is 6.99. The Hall–Kier alpha value is -3.26. The zero-order chi connectivity index (χ0) is 20.4. The van der Waals surface area contributed by atoms with E-state index in [9.17, 15) is 4.39 Å². The van der Waals surface area contributed by atoms with Crippen molar-refractivity contribution in [3.05, 3.63) is 71.6 Å². The first kappa shape index (κ1) is 19.1. The summed E-state index contributed by atoms with van der Waals surface area (Å²) < 4.78 is 15.3. The van der Waals surface area contributed by atoms with E-state index in [1.54, 1.807) is 16.6 Å². The number of aryl methyl sites for hydroxylation is 1. The first-order chi connectivity index (χ1) is 14.0. The lowest BCUT2D eigenvalue weighted by Crippen LogP contribution is -2.28. The van der Waals surface area contributed by atoms with Gasteiger partial charge in [0, 0.05) is 18.0 Å². The van der Waals surface area contributed by atoms with Gasteiger partial charge >= 0.3 is 0 Å². The van der Waals surface area contributed by atoms with Gasteiger partial charge in [-0.05, 0) is 49.2 Å². The van der Waals surface area contributed by atoms with Crippen molar-refractivity contribution in [3.63, 3.8) is 0 Å². The first-order valence-corrected chi connectivity index (χ1v) is 9.63. The number of nitrogens with zero attached hydrogens (tertiary/aromatic N) is 4. The fourth-order valence-electron chi connectivity index (χ4n) is 3.14. The fourth-order valence-corrected chi connectivity index (χ4v) is 3.14. The quantitative estimate of drug-likeness (QED) is 0.442. The zero-order valence-electron chi connectivity index (χ0n) is 16.6. The second-order valence-corrected chi connectivity index (χ2v) is 7.50. The van der Waals surface area contributed by atoms with Crippen molar-refractivity contribution in [2.45, 2.75) is 26.8 Å². The number of hydrogen-bond donors (Lipinski definition) is 3. The van der Waals surface area contributed by atoms with Crippen LogP contribution in [0, 0.1) is 18.7 Å². The molecule has 150 valence electrons. The van der Waals surface area contributed by atoms with Crippen LogP contribution in [0.2, 0.25) is 0 Å². The highest BCUT2D eigenvalue weighted by Gasteiger charge is 2.20. The summed E-state index contributed by atoms with van der Waals surface area (Å²) >= 11 is 0. The number of benzene rings is 1. The molecule has 0 spiro atoms. The normalized spacial score (nSPS) is 12.6. The van der Waals surface area contributed by atoms with Crippen LogP contribution in [0.5, 0.6) is 0 Å². The van der Waals surface area contributed by atoms with E-state index >= 15 is 0 Å². The molecule has 0 saturated carbocycles. The summed E-state index contributed by atoms with van der Waals surface area (Å²) in [5.41, 5.74) is 2.70. The van der Waals surface area contributed by atoms with Crippen LogP contribution >= 0.6 is 0 Å². The van der Waals surface area contributed by atoms with E-state index in [0.29, 0.717) is 23.4 Å². The van der Waals surface area contributed by atoms with Crippen LogP contribution in [0.4, 0.5) is 16.0 Å². The number of halogens is 1. The van der Waals surface area contributed by atoms with Crippen LogP contribution in [-0.2, 0) is 0 Å². The van der Waals surface area contributed by atoms with Crippen molar-refractivity contribution in [3.8, 4) is 0 Å². The summed E-state index contributed by atoms with van der Waals surface area (Å²) in [5.74, 6) is 2.11. The van der Waals surface area contributed by atoms with Crippen LogP contribution in [0.3, 0.4) is 0 Å². The van der Waals surface area contributed by atoms with Gasteiger partial charge in [-0.2, -0.15) is 10.2 Å². The van der Waals surface area contributed by atoms with Gasteiger partial charge < -0.3 is 10.6 Å². The number of anilines is 2. The van der Waals surface area contributed by atoms with Crippen LogP contribution in [0.25, 0.3) is 5.52 Å². The second kappa shape index (κ2) is 8.00. The maximum Gasteiger partial charge on any atom is 0.173 e. The molecule has 1 aromatic carbocycles. The van der Waals surface area contributed by atoms with Gasteiger partial charge in [0.15, 0.2) is 17.5 Å². The molecular formula is C21H24FN7. The second-order valence-electron chi connectivity index (χ2n) is 7.50. The Morgan fingerprint density at radius 2 is 1.97 bits per heavy atom. The summed E-state index contributed by atoms with van der Waals surface area (Å²) in [4.78, 5) is 4.80. The summed E-state index contributed by atoms with van der Waals surface area (Å²) in [5, 5.41) is 18.6. The summed E-state index contributed by atoms with van der Waals surface area (Å²) in [7, 11) is 0. The van der Waals surface area contributed by atoms with Crippen molar-refractivity contribution in [1.82, 2.24) is 30.1 Å². The van der Waals surface area contributed by atoms with Gasteiger partial charge in [-0.3, -0.25) is 5.10 Å². The highest BCUT2D eigenvalue weighted by molar-refractivity contribution is 5.72. The molecule has 1 atom stereocenters. The third-order valence-electron chi connectivity index (χ3n) is 4.55. The molecule has 0 aliphatic carbocycles. The maximum atomic E-state index is 13.5. The molecular weight excluding hydrogens is 369 g/mol. The molecule has 8 heteroatoms. The summed E-state index contributed by atoms with van der Waals surface area (Å²) in [6, 6.07) is 11.9. The minimum atomic E-state index is -0.272. The number of fused-ring (bicyclic) bond motifs is 1. The predicted molar refractivity (Wildman–Crippen MR) is 111 cm³/mol. The highest BCUT2D eigenvalue weighted by Crippen LogP contribution is 2.25. The molecule has 0 aliphatic rings. The monoisotopic (exact) mass is 393 g/mol. The van der Waals surface area contributed by atoms with E-state index in [2.05, 4.69) is 34.7 Å². The Bertz CT molecular complexity index is 1100. The van der Waals surface area contributed by atoms with E-state index in [0.717, 1.165) is 23.3 Å². The van der Waals surface area contributed by atoms with Crippen molar-refractivity contribution >= 4 is 17.2 Å². The lowest BCUT2D eigenvalue weighted by Gasteiger charge is -2.20. The SMILES string of the molecule is Cc1cc(Nc2nc(C(NCC(C)C)c3ccc(F)cc3)nn3cccc23)n[nH]1. The molecule has 0 saturated heterocycles. The Balaban J connectivity index is 1.76. The molecule has 0 amide bonds. The standard InChI is InChI=1S/C21H24FN7/c1-13(2)12-23-19(15-6-8-16(22)9-7-15)21-25-20(17-5-4-10-29(17)28-21)24-18-11-14(3)26-27-18/h4-11,13,19,23H,12H2,1-3H3,(H2,24,25,26,27,28). The lowest BCUT2D eigenvalue weighted by molar-refractivity contribution is 0.494. The summed E-state index contributed by atoms with van der Waals surface area (Å²) in [6.07, 6.45) is 1.88. The molecule has 3 N–H and O–H groups in total. The van der Waals surface area contributed by atoms with Gasteiger partial charge in [-0.25, -0.2) is 13.9 Å². The molecule has 3 heterocycles. The van der Waals surface area contributed by atoms with Gasteiger partial charge in [0.2, 0.25) is 0 Å². The van der Waals surface area contributed by atoms with Gasteiger partial charge in [0.05, 0.1) is 6.04 Å². The Kier molecular flexibility index (Phi) is 5.26. The average Bonchev–Trinajstić information content (AvgIpc) is 3.32. The lowest BCUT2D eigenvalue weighted by atomic mass is 10.1. The minimum absolute atomic E-state index is 0.269. The number of aromatic amines is 1. The highest BCUT2D eigenvalue weighted by atomic mass is 19.1. The van der Waals surface area contributed by atoms with Crippen LogP contribution in [-0.4, -0.2) is 31.3 Å². The van der Waals surface area contributed by atoms with E-state index in [1.165, 1.54) is 12.1 Å². The van der Waals surface area contributed by atoms with E-state index in [4.69, 9.17) is 10.1 Å². The number of aromatic nitrogens is 5. The van der Waals surface area contributed by atoms with Gasteiger partial charge in [-0.15, -0.1) is 0 Å².